The molecule has 1 saturated carbocycles. The van der Waals surface area contributed by atoms with E-state index in [0.29, 0.717) is 24.4 Å². The van der Waals surface area contributed by atoms with Gasteiger partial charge in [-0.25, -0.2) is 0 Å². The second-order valence-electron chi connectivity index (χ2n) is 6.78. The van der Waals surface area contributed by atoms with Gasteiger partial charge < -0.3 is 15.5 Å². The van der Waals surface area contributed by atoms with Crippen LogP contribution in [-0.4, -0.2) is 53.7 Å². The molecule has 0 aromatic carbocycles. The molecule has 6 nitrogen and oxygen atoms in total. The molecule has 6 heteroatoms. The Bertz CT molecular complexity index is 515. The van der Waals surface area contributed by atoms with E-state index in [1.165, 1.54) is 0 Å². The van der Waals surface area contributed by atoms with E-state index in [4.69, 9.17) is 5.73 Å². The number of piperidine rings is 1. The SMILES string of the molecule is CN(C(=O)[C@@H]1CCC[C@@H]1CN)C1CCN(c2cccnn2)CC1. The van der Waals surface area contributed by atoms with E-state index in [1.807, 2.05) is 24.1 Å². The number of aromatic nitrogens is 2. The first kappa shape index (κ1) is 16.2. The maximum Gasteiger partial charge on any atom is 0.226 e. The highest BCUT2D eigenvalue weighted by Gasteiger charge is 2.36. The summed E-state index contributed by atoms with van der Waals surface area (Å²) in [5.41, 5.74) is 5.83. The second kappa shape index (κ2) is 7.25. The van der Waals surface area contributed by atoms with Crippen LogP contribution in [0.25, 0.3) is 0 Å². The first-order valence-electron chi connectivity index (χ1n) is 8.70. The van der Waals surface area contributed by atoms with E-state index in [2.05, 4.69) is 15.1 Å². The van der Waals surface area contributed by atoms with Gasteiger partial charge in [-0.1, -0.05) is 6.42 Å². The maximum atomic E-state index is 12.8. The van der Waals surface area contributed by atoms with Gasteiger partial charge in [0.1, 0.15) is 0 Å². The summed E-state index contributed by atoms with van der Waals surface area (Å²) in [7, 11) is 1.97. The van der Waals surface area contributed by atoms with Crippen molar-refractivity contribution in [2.45, 2.75) is 38.1 Å². The van der Waals surface area contributed by atoms with Gasteiger partial charge in [0, 0.05) is 38.3 Å². The smallest absolute Gasteiger partial charge is 0.226 e. The quantitative estimate of drug-likeness (QED) is 0.905. The highest BCUT2D eigenvalue weighted by atomic mass is 16.2. The number of anilines is 1. The minimum atomic E-state index is 0.142. The number of nitrogens with zero attached hydrogens (tertiary/aromatic N) is 4. The number of hydrogen-bond donors (Lipinski definition) is 1. The molecule has 2 N–H and O–H groups in total. The van der Waals surface area contributed by atoms with Crippen LogP contribution in [0, 0.1) is 11.8 Å². The third-order valence-corrected chi connectivity index (χ3v) is 5.52. The number of hydrogen-bond acceptors (Lipinski definition) is 5. The lowest BCUT2D eigenvalue weighted by Gasteiger charge is -2.38. The van der Waals surface area contributed by atoms with Crippen LogP contribution in [0.4, 0.5) is 5.82 Å². The van der Waals surface area contributed by atoms with Crippen LogP contribution in [0.3, 0.4) is 0 Å². The number of carbonyl (C=O) groups excluding carboxylic acids is 1. The molecule has 1 aliphatic heterocycles. The second-order valence-corrected chi connectivity index (χ2v) is 6.78. The zero-order chi connectivity index (χ0) is 16.2. The fourth-order valence-corrected chi connectivity index (χ4v) is 4.03. The maximum absolute atomic E-state index is 12.8. The van der Waals surface area contributed by atoms with Gasteiger partial charge in [0.2, 0.25) is 5.91 Å². The molecule has 23 heavy (non-hydrogen) atoms. The minimum Gasteiger partial charge on any atom is -0.355 e. The van der Waals surface area contributed by atoms with Crippen LogP contribution in [0.15, 0.2) is 18.3 Å². The third-order valence-electron chi connectivity index (χ3n) is 5.52. The molecule has 1 aromatic heterocycles. The van der Waals surface area contributed by atoms with E-state index in [0.717, 1.165) is 51.0 Å². The van der Waals surface area contributed by atoms with Crippen molar-refractivity contribution < 1.29 is 4.79 Å². The van der Waals surface area contributed by atoms with E-state index in [-0.39, 0.29) is 5.92 Å². The van der Waals surface area contributed by atoms with Gasteiger partial charge >= 0.3 is 0 Å². The lowest BCUT2D eigenvalue weighted by Crippen LogP contribution is -2.48. The Kier molecular flexibility index (Phi) is 5.10. The molecule has 126 valence electrons. The first-order chi connectivity index (χ1) is 11.2. The van der Waals surface area contributed by atoms with Crippen LogP contribution in [0.1, 0.15) is 32.1 Å². The van der Waals surface area contributed by atoms with Crippen molar-refractivity contribution in [3.63, 3.8) is 0 Å². The number of carbonyl (C=O) groups is 1. The predicted molar refractivity (Wildman–Crippen MR) is 89.9 cm³/mol. The molecule has 2 heterocycles. The first-order valence-corrected chi connectivity index (χ1v) is 8.70. The largest absolute Gasteiger partial charge is 0.355 e. The summed E-state index contributed by atoms with van der Waals surface area (Å²) in [5, 5.41) is 8.12. The van der Waals surface area contributed by atoms with Gasteiger partial charge in [-0.2, -0.15) is 5.10 Å². The third kappa shape index (κ3) is 3.47. The van der Waals surface area contributed by atoms with Gasteiger partial charge in [-0.3, -0.25) is 4.79 Å². The zero-order valence-corrected chi connectivity index (χ0v) is 13.9. The molecule has 0 bridgehead atoms. The summed E-state index contributed by atoms with van der Waals surface area (Å²) in [6, 6.07) is 4.23. The Hall–Kier alpha value is -1.69. The molecule has 1 saturated heterocycles. The van der Waals surface area contributed by atoms with Crippen LogP contribution in [0.2, 0.25) is 0 Å². The van der Waals surface area contributed by atoms with Crippen molar-refractivity contribution >= 4 is 11.7 Å². The lowest BCUT2D eigenvalue weighted by atomic mass is 9.93. The van der Waals surface area contributed by atoms with Crippen molar-refractivity contribution in [2.24, 2.45) is 17.6 Å². The minimum absolute atomic E-state index is 0.142. The Morgan fingerprint density at radius 1 is 1.35 bits per heavy atom. The van der Waals surface area contributed by atoms with Crippen molar-refractivity contribution in [1.29, 1.82) is 0 Å². The Labute approximate surface area is 138 Å². The van der Waals surface area contributed by atoms with Crippen molar-refractivity contribution in [2.75, 3.05) is 31.6 Å². The molecule has 2 atom stereocenters. The molecule has 2 fully saturated rings. The summed E-state index contributed by atoms with van der Waals surface area (Å²) < 4.78 is 0. The number of nitrogens with two attached hydrogens (primary N) is 1. The fraction of sp³-hybridized carbons (Fsp3) is 0.706. The Morgan fingerprint density at radius 3 is 2.78 bits per heavy atom. The number of amides is 1. The molecule has 0 spiro atoms. The van der Waals surface area contributed by atoms with Crippen molar-refractivity contribution in [3.05, 3.63) is 18.3 Å². The normalized spacial score (nSPS) is 25.6. The molecular weight excluding hydrogens is 290 g/mol. The Morgan fingerprint density at radius 2 is 2.13 bits per heavy atom. The molecule has 0 unspecified atom stereocenters. The van der Waals surface area contributed by atoms with Crippen molar-refractivity contribution in [3.8, 4) is 0 Å². The van der Waals surface area contributed by atoms with Gasteiger partial charge in [0.15, 0.2) is 5.82 Å². The molecule has 1 aliphatic carbocycles. The molecule has 0 radical (unpaired) electrons. The van der Waals surface area contributed by atoms with E-state index in [9.17, 15) is 4.79 Å². The average molecular weight is 317 g/mol. The summed E-state index contributed by atoms with van der Waals surface area (Å²) in [6.07, 6.45) is 6.91. The van der Waals surface area contributed by atoms with Crippen LogP contribution >= 0.6 is 0 Å². The van der Waals surface area contributed by atoms with E-state index >= 15 is 0 Å². The summed E-state index contributed by atoms with van der Waals surface area (Å²) >= 11 is 0. The fourth-order valence-electron chi connectivity index (χ4n) is 4.03. The highest BCUT2D eigenvalue weighted by molar-refractivity contribution is 5.79. The van der Waals surface area contributed by atoms with Crippen LogP contribution in [0.5, 0.6) is 0 Å². The standard InChI is InChI=1S/C17H27N5O/c1-21(17(23)15-5-2-4-13(15)12-18)14-7-10-22(11-8-14)16-6-3-9-19-20-16/h3,6,9,13-15H,2,4-5,7-8,10-12,18H2,1H3/t13-,15-/m1/s1. The predicted octanol–water partition coefficient (Wildman–Crippen LogP) is 1.28. The lowest BCUT2D eigenvalue weighted by molar-refractivity contribution is -0.137. The monoisotopic (exact) mass is 317 g/mol. The summed E-state index contributed by atoms with van der Waals surface area (Å²) in [6.45, 7) is 2.48. The van der Waals surface area contributed by atoms with Gasteiger partial charge in [-0.05, 0) is 50.3 Å². The zero-order valence-electron chi connectivity index (χ0n) is 13.9. The van der Waals surface area contributed by atoms with Crippen molar-refractivity contribution in [1.82, 2.24) is 15.1 Å². The summed E-state index contributed by atoms with van der Waals surface area (Å²) in [5.74, 6) is 1.75. The van der Waals surface area contributed by atoms with E-state index < -0.39 is 0 Å². The van der Waals surface area contributed by atoms with Gasteiger partial charge in [-0.15, -0.1) is 5.10 Å². The summed E-state index contributed by atoms with van der Waals surface area (Å²) in [4.78, 5) is 17.0. The van der Waals surface area contributed by atoms with Gasteiger partial charge in [0.25, 0.3) is 0 Å². The molecular formula is C17H27N5O. The van der Waals surface area contributed by atoms with E-state index in [1.54, 1.807) is 6.20 Å². The molecule has 1 aromatic rings. The number of rotatable bonds is 4. The van der Waals surface area contributed by atoms with Gasteiger partial charge in [0.05, 0.1) is 0 Å². The molecule has 2 aliphatic rings. The molecule has 1 amide bonds. The molecule has 3 rings (SSSR count). The average Bonchev–Trinajstić information content (AvgIpc) is 3.10. The van der Waals surface area contributed by atoms with Crippen LogP contribution in [-0.2, 0) is 4.79 Å². The van der Waals surface area contributed by atoms with Crippen LogP contribution < -0.4 is 10.6 Å². The highest BCUT2D eigenvalue weighted by Crippen LogP contribution is 2.33. The topological polar surface area (TPSA) is 75.3 Å². The Balaban J connectivity index is 1.56.